The van der Waals surface area contributed by atoms with E-state index in [9.17, 15) is 9.59 Å². The van der Waals surface area contributed by atoms with E-state index in [0.29, 0.717) is 6.41 Å². The maximum Gasteiger partial charge on any atom is 0.326 e. The minimum atomic E-state index is -1.06. The summed E-state index contributed by atoms with van der Waals surface area (Å²) in [5.74, 6) is -1.06. The van der Waals surface area contributed by atoms with E-state index >= 15 is 0 Å². The molecule has 1 amide bonds. The first-order valence-electron chi connectivity index (χ1n) is 7.09. The fourth-order valence-electron chi connectivity index (χ4n) is 1.83. The van der Waals surface area contributed by atoms with Crippen molar-refractivity contribution in [1.29, 1.82) is 0 Å². The SMILES string of the molecule is CC.Cc1ccc(C)cc1.O=CN1CC(O)CC1C(=O)O. The van der Waals surface area contributed by atoms with Gasteiger partial charge in [0.1, 0.15) is 6.04 Å². The molecule has 1 aromatic carbocycles. The lowest BCUT2D eigenvalue weighted by Crippen LogP contribution is -2.34. The van der Waals surface area contributed by atoms with E-state index in [1.54, 1.807) is 0 Å². The van der Waals surface area contributed by atoms with Crippen molar-refractivity contribution in [3.05, 3.63) is 35.4 Å². The molecule has 0 radical (unpaired) electrons. The Hall–Kier alpha value is -1.88. The number of carboxylic acid groups (broad SMARTS) is 1. The predicted molar refractivity (Wildman–Crippen MR) is 82.1 cm³/mol. The number of amides is 1. The summed E-state index contributed by atoms with van der Waals surface area (Å²) >= 11 is 0. The van der Waals surface area contributed by atoms with Crippen LogP contribution in [0.15, 0.2) is 24.3 Å². The van der Waals surface area contributed by atoms with Gasteiger partial charge >= 0.3 is 5.97 Å². The molecule has 5 nitrogen and oxygen atoms in total. The predicted octanol–water partition coefficient (Wildman–Crippen LogP) is 1.99. The van der Waals surface area contributed by atoms with E-state index in [1.807, 2.05) is 13.8 Å². The Labute approximate surface area is 126 Å². The number of hydrogen-bond acceptors (Lipinski definition) is 3. The summed E-state index contributed by atoms with van der Waals surface area (Å²) in [6, 6.07) is 7.64. The van der Waals surface area contributed by atoms with Crippen LogP contribution in [-0.2, 0) is 9.59 Å². The Morgan fingerprint density at radius 3 is 1.90 bits per heavy atom. The van der Waals surface area contributed by atoms with Gasteiger partial charge in [-0.25, -0.2) is 4.79 Å². The molecule has 21 heavy (non-hydrogen) atoms. The van der Waals surface area contributed by atoms with Crippen molar-refractivity contribution in [3.63, 3.8) is 0 Å². The molecule has 1 aliphatic heterocycles. The second-order valence-corrected chi connectivity index (χ2v) is 4.70. The molecule has 118 valence electrons. The first-order valence-corrected chi connectivity index (χ1v) is 7.09. The molecular weight excluding hydrogens is 270 g/mol. The smallest absolute Gasteiger partial charge is 0.326 e. The summed E-state index contributed by atoms with van der Waals surface area (Å²) in [4.78, 5) is 21.7. The van der Waals surface area contributed by atoms with Gasteiger partial charge < -0.3 is 15.1 Å². The van der Waals surface area contributed by atoms with Crippen molar-refractivity contribution in [2.24, 2.45) is 0 Å². The molecule has 0 aromatic heterocycles. The average molecular weight is 295 g/mol. The molecule has 0 bridgehead atoms. The van der Waals surface area contributed by atoms with Gasteiger partial charge in [0.2, 0.25) is 6.41 Å². The van der Waals surface area contributed by atoms with Crippen LogP contribution in [0.3, 0.4) is 0 Å². The van der Waals surface area contributed by atoms with Crippen LogP contribution in [-0.4, -0.2) is 46.2 Å². The van der Waals surface area contributed by atoms with Crippen LogP contribution in [0.1, 0.15) is 31.4 Å². The quantitative estimate of drug-likeness (QED) is 0.818. The standard InChI is InChI=1S/C8H10.C6H9NO4.C2H6/c1-7-3-5-8(2)6-4-7;8-3-7-2-4(9)1-5(7)6(10)11;1-2/h3-6H,1-2H3;3-5,9H,1-2H2,(H,10,11);1-2H3. The van der Waals surface area contributed by atoms with E-state index in [-0.39, 0.29) is 13.0 Å². The molecule has 1 saturated heterocycles. The van der Waals surface area contributed by atoms with Crippen LogP contribution in [0.4, 0.5) is 0 Å². The van der Waals surface area contributed by atoms with E-state index in [4.69, 9.17) is 10.2 Å². The zero-order valence-corrected chi connectivity index (χ0v) is 13.1. The minimum absolute atomic E-state index is 0.125. The number of likely N-dealkylation sites (tertiary alicyclic amines) is 1. The van der Waals surface area contributed by atoms with Gasteiger partial charge in [0.05, 0.1) is 6.10 Å². The second kappa shape index (κ2) is 9.94. The van der Waals surface area contributed by atoms with Gasteiger partial charge in [-0.05, 0) is 13.8 Å². The number of aliphatic hydroxyl groups excluding tert-OH is 1. The number of hydrogen-bond donors (Lipinski definition) is 2. The van der Waals surface area contributed by atoms with E-state index in [2.05, 4.69) is 38.1 Å². The van der Waals surface area contributed by atoms with Gasteiger partial charge in [-0.2, -0.15) is 0 Å². The molecule has 1 aliphatic rings. The largest absolute Gasteiger partial charge is 0.480 e. The fraction of sp³-hybridized carbons (Fsp3) is 0.500. The molecule has 1 heterocycles. The molecule has 2 atom stereocenters. The highest BCUT2D eigenvalue weighted by Crippen LogP contribution is 2.15. The highest BCUT2D eigenvalue weighted by Gasteiger charge is 2.34. The van der Waals surface area contributed by atoms with Crippen molar-refractivity contribution in [2.45, 2.75) is 46.3 Å². The first-order chi connectivity index (χ1) is 9.93. The number of carboxylic acids is 1. The summed E-state index contributed by atoms with van der Waals surface area (Å²) < 4.78 is 0. The van der Waals surface area contributed by atoms with Crippen LogP contribution >= 0.6 is 0 Å². The molecule has 0 aliphatic carbocycles. The van der Waals surface area contributed by atoms with Crippen LogP contribution in [0, 0.1) is 13.8 Å². The van der Waals surface area contributed by atoms with Gasteiger partial charge in [-0.15, -0.1) is 0 Å². The zero-order valence-electron chi connectivity index (χ0n) is 13.1. The van der Waals surface area contributed by atoms with Crippen molar-refractivity contribution < 1.29 is 19.8 Å². The van der Waals surface area contributed by atoms with Gasteiger partial charge in [0, 0.05) is 13.0 Å². The summed E-state index contributed by atoms with van der Waals surface area (Å²) in [5, 5.41) is 17.5. The molecule has 2 rings (SSSR count). The maximum absolute atomic E-state index is 10.4. The van der Waals surface area contributed by atoms with Crippen molar-refractivity contribution in [2.75, 3.05) is 6.54 Å². The zero-order chi connectivity index (χ0) is 16.4. The monoisotopic (exact) mass is 295 g/mol. The van der Waals surface area contributed by atoms with Crippen LogP contribution in [0.5, 0.6) is 0 Å². The fourth-order valence-corrected chi connectivity index (χ4v) is 1.83. The summed E-state index contributed by atoms with van der Waals surface area (Å²) in [6.45, 7) is 8.32. The van der Waals surface area contributed by atoms with E-state index in [1.165, 1.54) is 11.1 Å². The molecule has 2 unspecified atom stereocenters. The highest BCUT2D eigenvalue weighted by molar-refractivity contribution is 5.77. The Balaban J connectivity index is 0.000000354. The summed E-state index contributed by atoms with van der Waals surface area (Å²) in [6.07, 6.45) is -0.107. The lowest BCUT2D eigenvalue weighted by atomic mass is 10.2. The highest BCUT2D eigenvalue weighted by atomic mass is 16.4. The summed E-state index contributed by atoms with van der Waals surface area (Å²) in [7, 11) is 0. The van der Waals surface area contributed by atoms with Crippen LogP contribution < -0.4 is 0 Å². The Morgan fingerprint density at radius 2 is 1.62 bits per heavy atom. The number of aliphatic carboxylic acids is 1. The number of aliphatic hydroxyl groups is 1. The third kappa shape index (κ3) is 6.90. The normalized spacial score (nSPS) is 19.8. The second-order valence-electron chi connectivity index (χ2n) is 4.70. The number of benzene rings is 1. The number of β-amino-alcohol motifs (C(OH)–C–C–N with tert-alkyl or cyclic N) is 1. The van der Waals surface area contributed by atoms with Crippen molar-refractivity contribution in [3.8, 4) is 0 Å². The Morgan fingerprint density at radius 1 is 1.19 bits per heavy atom. The molecule has 0 saturated carbocycles. The molecule has 5 heteroatoms. The average Bonchev–Trinajstić information content (AvgIpc) is 2.86. The molecular formula is C16H25NO4. The number of aryl methyl sites for hydroxylation is 2. The van der Waals surface area contributed by atoms with Gasteiger partial charge in [0.25, 0.3) is 0 Å². The van der Waals surface area contributed by atoms with Gasteiger partial charge in [0.15, 0.2) is 0 Å². The Kier molecular flexibility index (Phi) is 9.05. The number of nitrogens with zero attached hydrogens (tertiary/aromatic N) is 1. The molecule has 1 fully saturated rings. The van der Waals surface area contributed by atoms with E-state index in [0.717, 1.165) is 4.90 Å². The Bertz CT molecular complexity index is 409. The van der Waals surface area contributed by atoms with Gasteiger partial charge in [-0.3, -0.25) is 4.79 Å². The minimum Gasteiger partial charge on any atom is -0.480 e. The molecule has 2 N–H and O–H groups in total. The van der Waals surface area contributed by atoms with E-state index < -0.39 is 18.1 Å². The number of carbonyl (C=O) groups excluding carboxylic acids is 1. The van der Waals surface area contributed by atoms with Gasteiger partial charge in [-0.1, -0.05) is 49.2 Å². The molecule has 0 spiro atoms. The third-order valence-electron chi connectivity index (χ3n) is 2.96. The van der Waals surface area contributed by atoms with Crippen molar-refractivity contribution >= 4 is 12.4 Å². The maximum atomic E-state index is 10.4. The topological polar surface area (TPSA) is 77.8 Å². The molecule has 1 aromatic rings. The third-order valence-corrected chi connectivity index (χ3v) is 2.96. The lowest BCUT2D eigenvalue weighted by Gasteiger charge is -2.13. The van der Waals surface area contributed by atoms with Crippen molar-refractivity contribution in [1.82, 2.24) is 4.90 Å². The first kappa shape index (κ1) is 19.1. The number of rotatable bonds is 2. The number of carbonyl (C=O) groups is 2. The van der Waals surface area contributed by atoms with Crippen LogP contribution in [0.2, 0.25) is 0 Å². The lowest BCUT2D eigenvalue weighted by molar-refractivity contribution is -0.144. The summed E-state index contributed by atoms with van der Waals surface area (Å²) in [5.41, 5.74) is 2.66. The van der Waals surface area contributed by atoms with Crippen LogP contribution in [0.25, 0.3) is 0 Å².